The average molecular weight is 640 g/mol. The van der Waals surface area contributed by atoms with Crippen molar-refractivity contribution in [1.82, 2.24) is 0 Å². The molecule has 0 N–H and O–H groups in total. The third kappa shape index (κ3) is 4.47. The molecular formula is C48H30O. The molecule has 0 radical (unpaired) electrons. The highest BCUT2D eigenvalue weighted by Crippen LogP contribution is 2.44. The van der Waals surface area contributed by atoms with Crippen LogP contribution in [-0.2, 0) is 0 Å². The highest BCUT2D eigenvalue weighted by atomic mass is 16.3. The second-order valence-electron chi connectivity index (χ2n) is 11.6. The summed E-state index contributed by atoms with van der Waals surface area (Å²) in [7, 11) is 0. The van der Waals surface area contributed by atoms with E-state index < -0.39 is 147 Å². The first kappa shape index (κ1) is 15.6. The Balaban J connectivity index is 1.30. The van der Waals surface area contributed by atoms with Crippen molar-refractivity contribution in [2.24, 2.45) is 0 Å². The van der Waals surface area contributed by atoms with Crippen LogP contribution < -0.4 is 0 Å². The predicted molar refractivity (Wildman–Crippen MR) is 208 cm³/mol. The summed E-state index contributed by atoms with van der Waals surface area (Å²) in [5, 5.41) is 1.42. The van der Waals surface area contributed by atoms with Gasteiger partial charge in [0, 0.05) is 16.3 Å². The van der Waals surface area contributed by atoms with Crippen molar-refractivity contribution in [3.63, 3.8) is 0 Å². The van der Waals surface area contributed by atoms with Crippen LogP contribution in [-0.4, -0.2) is 0 Å². The minimum atomic E-state index is -0.828. The number of hydrogen-bond donors (Lipinski definition) is 0. The van der Waals surface area contributed by atoms with E-state index in [1.54, 1.807) is 12.1 Å². The summed E-state index contributed by atoms with van der Waals surface area (Å²) in [5.74, 6) is 0. The predicted octanol–water partition coefficient (Wildman–Crippen LogP) is 13.7. The van der Waals surface area contributed by atoms with Crippen molar-refractivity contribution in [1.29, 1.82) is 0 Å². The molecule has 0 aliphatic rings. The summed E-state index contributed by atoms with van der Waals surface area (Å²) in [6, 6.07) is 11.7. The van der Waals surface area contributed by atoms with Crippen LogP contribution in [0.1, 0.15) is 23.3 Å². The van der Waals surface area contributed by atoms with Crippen LogP contribution in [0.15, 0.2) is 186 Å². The van der Waals surface area contributed by atoms with E-state index in [0.717, 1.165) is 27.3 Å². The fraction of sp³-hybridized carbons (Fsp3) is 0. The number of para-hydroxylation sites is 1. The molecule has 10 rings (SSSR count). The maximum Gasteiger partial charge on any atom is 0.143 e. The van der Waals surface area contributed by atoms with Gasteiger partial charge in [0.15, 0.2) is 0 Å². The summed E-state index contributed by atoms with van der Waals surface area (Å²) in [6.45, 7) is 0. The lowest BCUT2D eigenvalue weighted by Crippen LogP contribution is -1.90. The number of furan rings is 1. The molecule has 0 fully saturated rings. The van der Waals surface area contributed by atoms with Crippen LogP contribution in [0.4, 0.5) is 0 Å². The molecule has 0 unspecified atom stereocenters. The second kappa shape index (κ2) is 11.1. The van der Waals surface area contributed by atoms with Crippen LogP contribution in [0, 0.1) is 0 Å². The third-order valence-corrected chi connectivity index (χ3v) is 8.85. The molecule has 49 heavy (non-hydrogen) atoms. The Morgan fingerprint density at radius 2 is 0.939 bits per heavy atom. The zero-order chi connectivity index (χ0) is 47.1. The van der Waals surface area contributed by atoms with Gasteiger partial charge in [0.2, 0.25) is 0 Å². The Hall–Kier alpha value is -6.44. The van der Waals surface area contributed by atoms with E-state index in [1.165, 1.54) is 0 Å². The molecule has 0 amide bonds. The van der Waals surface area contributed by atoms with Gasteiger partial charge in [-0.1, -0.05) is 163 Å². The smallest absolute Gasteiger partial charge is 0.143 e. The van der Waals surface area contributed by atoms with E-state index in [-0.39, 0.29) is 16.7 Å². The second-order valence-corrected chi connectivity index (χ2v) is 11.6. The fourth-order valence-electron chi connectivity index (χ4n) is 6.62. The first-order valence-corrected chi connectivity index (χ1v) is 15.5. The summed E-state index contributed by atoms with van der Waals surface area (Å²) in [6.07, 6.45) is 0. The topological polar surface area (TPSA) is 13.1 Å². The monoisotopic (exact) mass is 639 g/mol. The molecule has 0 spiro atoms. The molecule has 1 aromatic heterocycles. The van der Waals surface area contributed by atoms with Gasteiger partial charge in [-0.2, -0.15) is 0 Å². The highest BCUT2D eigenvalue weighted by molar-refractivity contribution is 6.21. The minimum absolute atomic E-state index is 0.179. The minimum Gasteiger partial charge on any atom is -0.455 e. The first-order valence-electron chi connectivity index (χ1n) is 24.0. The van der Waals surface area contributed by atoms with Gasteiger partial charge in [0.25, 0.3) is 0 Å². The highest BCUT2D eigenvalue weighted by Gasteiger charge is 2.17. The maximum atomic E-state index is 9.58. The number of hydrogen-bond acceptors (Lipinski definition) is 1. The molecule has 1 nitrogen and oxygen atoms in total. The molecule has 0 atom stereocenters. The van der Waals surface area contributed by atoms with E-state index in [0.29, 0.717) is 11.0 Å². The maximum absolute atomic E-state index is 9.58. The van der Waals surface area contributed by atoms with Gasteiger partial charge in [-0.15, -0.1) is 0 Å². The zero-order valence-corrected chi connectivity index (χ0v) is 25.4. The molecule has 9 aromatic carbocycles. The van der Waals surface area contributed by atoms with Gasteiger partial charge < -0.3 is 4.42 Å². The summed E-state index contributed by atoms with van der Waals surface area (Å²) < 4.78 is 159. The van der Waals surface area contributed by atoms with Gasteiger partial charge in [-0.25, -0.2) is 0 Å². The van der Waals surface area contributed by atoms with E-state index in [9.17, 15) is 11.0 Å². The van der Waals surface area contributed by atoms with Crippen LogP contribution in [0.3, 0.4) is 0 Å². The Morgan fingerprint density at radius 1 is 0.367 bits per heavy atom. The standard InChI is InChI=1S/C48H30O/c1-2-12-33(13-3-1)46-39-15-6-8-17-41(39)47(42-18-9-7-16-40(42)46)34-24-22-32(23-25-34)38-19-10-20-43-44-30-37(27-28-45(44)49-48(38)43)36-26-21-31-11-4-5-14-35(31)29-36/h1-30H/i1D,2D,3D,6D,7D,8D,9D,12D,13D,15D,16D,17D,18D,22D,23D,24D,25D. The molecule has 1 heteroatoms. The summed E-state index contributed by atoms with van der Waals surface area (Å²) >= 11 is 0. The fourth-order valence-corrected chi connectivity index (χ4v) is 6.62. The average Bonchev–Trinajstić information content (AvgIpc) is 3.70. The zero-order valence-electron chi connectivity index (χ0n) is 42.4. The van der Waals surface area contributed by atoms with Crippen molar-refractivity contribution in [2.45, 2.75) is 0 Å². The van der Waals surface area contributed by atoms with Gasteiger partial charge >= 0.3 is 0 Å². The van der Waals surface area contributed by atoms with Crippen LogP contribution in [0.5, 0.6) is 0 Å². The van der Waals surface area contributed by atoms with Gasteiger partial charge in [0.1, 0.15) is 11.2 Å². The van der Waals surface area contributed by atoms with Gasteiger partial charge in [0.05, 0.1) is 23.3 Å². The molecule has 228 valence electrons. The van der Waals surface area contributed by atoms with E-state index in [4.69, 9.17) is 16.8 Å². The van der Waals surface area contributed by atoms with Crippen LogP contribution in [0.2, 0.25) is 0 Å². The lowest BCUT2D eigenvalue weighted by atomic mass is 9.85. The van der Waals surface area contributed by atoms with E-state index in [1.807, 2.05) is 60.7 Å². The lowest BCUT2D eigenvalue weighted by Gasteiger charge is -2.18. The van der Waals surface area contributed by atoms with E-state index in [2.05, 4.69) is 6.07 Å². The first-order chi connectivity index (χ1) is 31.4. The molecule has 0 aliphatic heterocycles. The Bertz CT molecular complexity index is 3720. The van der Waals surface area contributed by atoms with Crippen molar-refractivity contribution < 1.29 is 27.7 Å². The number of benzene rings is 9. The summed E-state index contributed by atoms with van der Waals surface area (Å²) in [5.41, 5.74) is 0.451. The Kier molecular flexibility index (Phi) is 3.54. The third-order valence-electron chi connectivity index (χ3n) is 8.85. The van der Waals surface area contributed by atoms with Gasteiger partial charge in [-0.05, 0) is 89.5 Å². The van der Waals surface area contributed by atoms with E-state index >= 15 is 0 Å². The SMILES string of the molecule is [2H]c1c([2H])c([2H])c(-c2c3c([2H])c([2H])c([2H])c([2H])c3c(-c3c([2H])c([2H])c(-c4cccc5c4oc4ccc(-c6ccc7ccccc7c6)cc45)c([2H])c3[2H])c3c([2H])c([2H])c([2H])c([2H])c23)c([2H])c1[2H]. The quantitative estimate of drug-likeness (QED) is 0.175. The van der Waals surface area contributed by atoms with Crippen molar-refractivity contribution in [3.05, 3.63) is 182 Å². The van der Waals surface area contributed by atoms with Gasteiger partial charge in [-0.3, -0.25) is 0 Å². The molecule has 10 aromatic rings. The number of rotatable bonds is 4. The lowest BCUT2D eigenvalue weighted by molar-refractivity contribution is 0.670. The van der Waals surface area contributed by atoms with Crippen molar-refractivity contribution in [2.75, 3.05) is 0 Å². The Labute approximate surface area is 308 Å². The van der Waals surface area contributed by atoms with Crippen LogP contribution >= 0.6 is 0 Å². The van der Waals surface area contributed by atoms with Crippen molar-refractivity contribution in [3.8, 4) is 44.5 Å². The molecule has 0 bridgehead atoms. The van der Waals surface area contributed by atoms with Crippen molar-refractivity contribution >= 4 is 54.3 Å². The number of fused-ring (bicyclic) bond motifs is 6. The Morgan fingerprint density at radius 3 is 1.63 bits per heavy atom. The normalized spacial score (nSPS) is 16.5. The molecule has 0 saturated heterocycles. The van der Waals surface area contributed by atoms with Crippen LogP contribution in [0.25, 0.3) is 98.8 Å². The summed E-state index contributed by atoms with van der Waals surface area (Å²) in [4.78, 5) is 0. The largest absolute Gasteiger partial charge is 0.455 e. The molecule has 0 aliphatic carbocycles. The molecular weight excluding hydrogens is 593 g/mol. The molecule has 0 saturated carbocycles. The molecule has 1 heterocycles.